The van der Waals surface area contributed by atoms with Gasteiger partial charge in [-0.25, -0.2) is 0 Å². The SMILES string of the molecule is CC(C)c1ccc(B(O)O)c(C(C)C)c1C(C)C. The maximum absolute atomic E-state index is 9.54. The summed E-state index contributed by atoms with van der Waals surface area (Å²) in [4.78, 5) is 0. The molecule has 100 valence electrons. The summed E-state index contributed by atoms with van der Waals surface area (Å²) in [5.41, 5.74) is 4.35. The highest BCUT2D eigenvalue weighted by molar-refractivity contribution is 6.59. The molecule has 1 aromatic carbocycles. The molecular weight excluding hydrogens is 223 g/mol. The highest BCUT2D eigenvalue weighted by atomic mass is 16.4. The van der Waals surface area contributed by atoms with Crippen LogP contribution in [0, 0.1) is 0 Å². The standard InChI is InChI=1S/C15H25BO2/c1-9(2)12-7-8-13(16(17)18)15(11(5)6)14(12)10(3)4/h7-11,17-18H,1-6H3. The second-order valence-corrected chi connectivity index (χ2v) is 5.91. The lowest BCUT2D eigenvalue weighted by molar-refractivity contribution is 0.425. The molecule has 0 radical (unpaired) electrons. The van der Waals surface area contributed by atoms with E-state index in [4.69, 9.17) is 0 Å². The molecule has 0 amide bonds. The van der Waals surface area contributed by atoms with Crippen molar-refractivity contribution in [2.75, 3.05) is 0 Å². The van der Waals surface area contributed by atoms with Gasteiger partial charge in [-0.2, -0.15) is 0 Å². The van der Waals surface area contributed by atoms with Crippen molar-refractivity contribution in [3.63, 3.8) is 0 Å². The van der Waals surface area contributed by atoms with Crippen LogP contribution in [0.4, 0.5) is 0 Å². The Morgan fingerprint density at radius 2 is 1.28 bits per heavy atom. The van der Waals surface area contributed by atoms with Crippen LogP contribution in [0.5, 0.6) is 0 Å². The zero-order chi connectivity index (χ0) is 14.0. The Bertz CT molecular complexity index is 370. The molecule has 0 aromatic heterocycles. The van der Waals surface area contributed by atoms with Crippen LogP contribution in [-0.4, -0.2) is 17.2 Å². The van der Waals surface area contributed by atoms with E-state index in [2.05, 4.69) is 41.5 Å². The van der Waals surface area contributed by atoms with Crippen molar-refractivity contribution in [1.29, 1.82) is 0 Å². The van der Waals surface area contributed by atoms with Gasteiger partial charge in [-0.05, 0) is 39.9 Å². The van der Waals surface area contributed by atoms with Crippen LogP contribution in [0.3, 0.4) is 0 Å². The van der Waals surface area contributed by atoms with E-state index in [-0.39, 0.29) is 5.92 Å². The van der Waals surface area contributed by atoms with E-state index in [0.29, 0.717) is 17.3 Å². The predicted octanol–water partition coefficient (Wildman–Crippen LogP) is 2.74. The fourth-order valence-corrected chi connectivity index (χ4v) is 2.69. The first-order valence-corrected chi connectivity index (χ1v) is 6.80. The summed E-state index contributed by atoms with van der Waals surface area (Å²) in [6, 6.07) is 3.90. The Kier molecular flexibility index (Phi) is 5.00. The fraction of sp³-hybridized carbons (Fsp3) is 0.600. The van der Waals surface area contributed by atoms with Gasteiger partial charge in [0.15, 0.2) is 0 Å². The summed E-state index contributed by atoms with van der Waals surface area (Å²) in [6.45, 7) is 12.9. The Morgan fingerprint density at radius 3 is 1.61 bits per heavy atom. The minimum absolute atomic E-state index is 0.290. The lowest BCUT2D eigenvalue weighted by Crippen LogP contribution is -2.35. The van der Waals surface area contributed by atoms with E-state index in [0.717, 1.165) is 5.56 Å². The highest BCUT2D eigenvalue weighted by Gasteiger charge is 2.24. The van der Waals surface area contributed by atoms with E-state index in [1.54, 1.807) is 0 Å². The van der Waals surface area contributed by atoms with Gasteiger partial charge in [-0.3, -0.25) is 0 Å². The molecule has 1 rings (SSSR count). The third-order valence-electron chi connectivity index (χ3n) is 3.41. The van der Waals surface area contributed by atoms with Gasteiger partial charge >= 0.3 is 7.12 Å². The Labute approximate surface area is 111 Å². The molecule has 0 unspecified atom stereocenters. The van der Waals surface area contributed by atoms with Crippen molar-refractivity contribution in [2.24, 2.45) is 0 Å². The molecule has 0 atom stereocenters. The van der Waals surface area contributed by atoms with Gasteiger partial charge in [0.2, 0.25) is 0 Å². The molecule has 0 saturated carbocycles. The maximum atomic E-state index is 9.54. The molecule has 2 nitrogen and oxygen atoms in total. The summed E-state index contributed by atoms with van der Waals surface area (Å²) in [5.74, 6) is 1.13. The van der Waals surface area contributed by atoms with E-state index >= 15 is 0 Å². The van der Waals surface area contributed by atoms with Crippen LogP contribution in [0.15, 0.2) is 12.1 Å². The van der Waals surface area contributed by atoms with E-state index < -0.39 is 7.12 Å². The first kappa shape index (κ1) is 15.3. The fourth-order valence-electron chi connectivity index (χ4n) is 2.69. The van der Waals surface area contributed by atoms with Gasteiger partial charge in [0, 0.05) is 0 Å². The summed E-state index contributed by atoms with van der Waals surface area (Å²) in [5, 5.41) is 19.1. The molecular formula is C15H25BO2. The number of benzene rings is 1. The van der Waals surface area contributed by atoms with Crippen LogP contribution in [0.25, 0.3) is 0 Å². The minimum atomic E-state index is -1.39. The molecule has 0 fully saturated rings. The van der Waals surface area contributed by atoms with Crippen LogP contribution >= 0.6 is 0 Å². The topological polar surface area (TPSA) is 40.5 Å². The number of hydrogen-bond acceptors (Lipinski definition) is 2. The Balaban J connectivity index is 3.60. The molecule has 18 heavy (non-hydrogen) atoms. The van der Waals surface area contributed by atoms with E-state index in [1.165, 1.54) is 11.1 Å². The zero-order valence-corrected chi connectivity index (χ0v) is 12.4. The van der Waals surface area contributed by atoms with Crippen molar-refractivity contribution >= 4 is 12.6 Å². The van der Waals surface area contributed by atoms with Gasteiger partial charge in [0.1, 0.15) is 0 Å². The van der Waals surface area contributed by atoms with Crippen molar-refractivity contribution in [2.45, 2.75) is 59.3 Å². The predicted molar refractivity (Wildman–Crippen MR) is 78.5 cm³/mol. The molecule has 3 heteroatoms. The molecule has 2 N–H and O–H groups in total. The maximum Gasteiger partial charge on any atom is 0.488 e. The minimum Gasteiger partial charge on any atom is -0.423 e. The third-order valence-corrected chi connectivity index (χ3v) is 3.41. The van der Waals surface area contributed by atoms with E-state index in [1.807, 2.05) is 12.1 Å². The second-order valence-electron chi connectivity index (χ2n) is 5.91. The third kappa shape index (κ3) is 2.96. The average Bonchev–Trinajstić information content (AvgIpc) is 2.26. The first-order chi connectivity index (χ1) is 8.27. The van der Waals surface area contributed by atoms with E-state index in [9.17, 15) is 10.0 Å². The molecule has 1 aromatic rings. The van der Waals surface area contributed by atoms with Crippen molar-refractivity contribution < 1.29 is 10.0 Å². The van der Waals surface area contributed by atoms with Gasteiger partial charge in [-0.1, -0.05) is 53.7 Å². The molecule has 0 saturated heterocycles. The van der Waals surface area contributed by atoms with Crippen molar-refractivity contribution in [1.82, 2.24) is 0 Å². The normalized spacial score (nSPS) is 11.7. The molecule has 0 heterocycles. The molecule has 0 aliphatic rings. The summed E-state index contributed by atoms with van der Waals surface area (Å²) < 4.78 is 0. The Morgan fingerprint density at radius 1 is 0.778 bits per heavy atom. The van der Waals surface area contributed by atoms with Crippen LogP contribution in [-0.2, 0) is 0 Å². The summed E-state index contributed by atoms with van der Waals surface area (Å²) >= 11 is 0. The van der Waals surface area contributed by atoms with Crippen LogP contribution in [0.2, 0.25) is 0 Å². The first-order valence-electron chi connectivity index (χ1n) is 6.80. The van der Waals surface area contributed by atoms with Crippen LogP contribution < -0.4 is 5.46 Å². The van der Waals surface area contributed by atoms with Crippen LogP contribution in [0.1, 0.15) is 76.0 Å². The average molecular weight is 248 g/mol. The van der Waals surface area contributed by atoms with Crippen molar-refractivity contribution in [3.05, 3.63) is 28.8 Å². The van der Waals surface area contributed by atoms with Gasteiger partial charge in [0.05, 0.1) is 0 Å². The smallest absolute Gasteiger partial charge is 0.423 e. The van der Waals surface area contributed by atoms with Gasteiger partial charge in [0.25, 0.3) is 0 Å². The Hall–Kier alpha value is -0.795. The number of rotatable bonds is 4. The molecule has 0 aliphatic heterocycles. The molecule has 0 aliphatic carbocycles. The highest BCUT2D eigenvalue weighted by Crippen LogP contribution is 2.32. The molecule has 0 spiro atoms. The van der Waals surface area contributed by atoms with Gasteiger partial charge in [-0.15, -0.1) is 0 Å². The van der Waals surface area contributed by atoms with Crippen molar-refractivity contribution in [3.8, 4) is 0 Å². The summed E-state index contributed by atoms with van der Waals surface area (Å²) in [6.07, 6.45) is 0. The lowest BCUT2D eigenvalue weighted by Gasteiger charge is -2.25. The molecule has 0 bridgehead atoms. The van der Waals surface area contributed by atoms with Gasteiger partial charge < -0.3 is 10.0 Å². The largest absolute Gasteiger partial charge is 0.488 e. The monoisotopic (exact) mass is 248 g/mol. The quantitative estimate of drug-likeness (QED) is 0.804. The summed E-state index contributed by atoms with van der Waals surface area (Å²) in [7, 11) is -1.39. The zero-order valence-electron chi connectivity index (χ0n) is 12.4. The second kappa shape index (κ2) is 5.90. The number of hydrogen-bond donors (Lipinski definition) is 2. The lowest BCUT2D eigenvalue weighted by atomic mass is 9.69.